The van der Waals surface area contributed by atoms with Crippen LogP contribution in [-0.2, 0) is 37.0 Å². The maximum absolute atomic E-state index is 7.32. The Bertz CT molecular complexity index is 1090. The van der Waals surface area contributed by atoms with E-state index in [2.05, 4.69) is 137 Å². The summed E-state index contributed by atoms with van der Waals surface area (Å²) in [5, 5.41) is 1.02. The molecule has 19 heteroatoms. The molecule has 0 aliphatic rings. The lowest BCUT2D eigenvalue weighted by Gasteiger charge is -2.47. The van der Waals surface area contributed by atoms with E-state index in [1.165, 1.54) is 0 Å². The predicted molar refractivity (Wildman–Crippen MR) is 217 cm³/mol. The summed E-state index contributed by atoms with van der Waals surface area (Å²) in [6.07, 6.45) is 0. The van der Waals surface area contributed by atoms with Gasteiger partial charge in [-0.1, -0.05) is 30.3 Å². The summed E-state index contributed by atoms with van der Waals surface area (Å²) in [5.41, 5.74) is 0. The topological polar surface area (TPSA) is 83.1 Å². The van der Waals surface area contributed by atoms with E-state index >= 15 is 0 Å². The zero-order valence-electron chi connectivity index (χ0n) is 33.1. The lowest BCUT2D eigenvalue weighted by Crippen LogP contribution is -2.70. The van der Waals surface area contributed by atoms with E-state index in [-0.39, 0.29) is 0 Å². The van der Waals surface area contributed by atoms with E-state index in [4.69, 9.17) is 37.0 Å². The molecule has 46 heavy (non-hydrogen) atoms. The van der Waals surface area contributed by atoms with Gasteiger partial charge < -0.3 is 37.0 Å². The average Bonchev–Trinajstić information content (AvgIpc) is 2.64. The summed E-state index contributed by atoms with van der Waals surface area (Å²) in [6.45, 7) is 44.6. The second kappa shape index (κ2) is 15.3. The van der Waals surface area contributed by atoms with Crippen molar-refractivity contribution in [3.8, 4) is 0 Å². The van der Waals surface area contributed by atoms with E-state index in [1.807, 2.05) is 31.3 Å². The summed E-state index contributed by atoms with van der Waals surface area (Å²) in [4.78, 5) is 0. The zero-order chi connectivity index (χ0) is 36.5. The molecule has 0 radical (unpaired) electrons. The standard InChI is InChI=1S/C27H68O9Si10/c1-37(2,3)28-41(13,14)32-45(20,33-42(15,16)29-38(4,5)6)36-46(21,34-43(17,18)30-39(7,8)9)35-44(19,31-40(10,11)12)27-25-23-22-24-26-27/h22-26H,1-21H3. The third-order valence-electron chi connectivity index (χ3n) is 5.50. The molecule has 0 bridgehead atoms. The van der Waals surface area contributed by atoms with E-state index < -0.39 is 85.1 Å². The second-order valence-corrected chi connectivity index (χ2v) is 56.2. The van der Waals surface area contributed by atoms with Crippen LogP contribution in [0.15, 0.2) is 30.3 Å². The maximum atomic E-state index is 7.32. The Morgan fingerprint density at radius 1 is 0.304 bits per heavy atom. The molecule has 0 amide bonds. The molecule has 2 unspecified atom stereocenters. The Hall–Kier alpha value is 1.03. The first kappa shape index (κ1) is 45.1. The van der Waals surface area contributed by atoms with Crippen LogP contribution in [0.1, 0.15) is 0 Å². The van der Waals surface area contributed by atoms with Crippen molar-refractivity contribution >= 4 is 90.3 Å². The molecule has 0 saturated heterocycles. The quantitative estimate of drug-likeness (QED) is 0.127. The third kappa shape index (κ3) is 18.3. The maximum Gasteiger partial charge on any atom is 0.472 e. The van der Waals surface area contributed by atoms with Crippen molar-refractivity contribution in [3.05, 3.63) is 30.3 Å². The summed E-state index contributed by atoms with van der Waals surface area (Å²) in [5.74, 6) is 0. The van der Waals surface area contributed by atoms with Gasteiger partial charge in [-0.05, 0) is 130 Å². The number of benzene rings is 1. The van der Waals surface area contributed by atoms with Crippen LogP contribution in [0.5, 0.6) is 0 Å². The summed E-state index contributed by atoms with van der Waals surface area (Å²) < 4.78 is 62.9. The largest absolute Gasteiger partial charge is 0.472 e. The second-order valence-electron chi connectivity index (χ2n) is 17.6. The first-order chi connectivity index (χ1) is 20.0. The minimum Gasteiger partial charge on any atom is -0.437 e. The average molecular weight is 818 g/mol. The van der Waals surface area contributed by atoms with Crippen LogP contribution in [0.2, 0.25) is 137 Å². The number of hydrogen-bond acceptors (Lipinski definition) is 9. The van der Waals surface area contributed by atoms with Gasteiger partial charge >= 0.3 is 51.9 Å². The molecule has 0 aliphatic carbocycles. The normalized spacial score (nSPS) is 17.5. The van der Waals surface area contributed by atoms with Crippen molar-refractivity contribution in [2.24, 2.45) is 0 Å². The van der Waals surface area contributed by atoms with Crippen LogP contribution in [0.4, 0.5) is 0 Å². The van der Waals surface area contributed by atoms with Crippen LogP contribution in [0, 0.1) is 0 Å². The van der Waals surface area contributed by atoms with Gasteiger partial charge in [-0.3, -0.25) is 0 Å². The van der Waals surface area contributed by atoms with Crippen LogP contribution >= 0.6 is 0 Å². The summed E-state index contributed by atoms with van der Waals surface area (Å²) in [6, 6.07) is 10.2. The highest BCUT2D eigenvalue weighted by Crippen LogP contribution is 2.34. The van der Waals surface area contributed by atoms with Gasteiger partial charge in [0.2, 0.25) is 0 Å². The van der Waals surface area contributed by atoms with Gasteiger partial charge in [0, 0.05) is 13.1 Å². The lowest BCUT2D eigenvalue weighted by atomic mass is 10.4. The zero-order valence-corrected chi connectivity index (χ0v) is 43.1. The molecule has 0 aliphatic heterocycles. The molecule has 0 spiro atoms. The van der Waals surface area contributed by atoms with Crippen molar-refractivity contribution in [1.82, 2.24) is 0 Å². The fourth-order valence-electron chi connectivity index (χ4n) is 5.89. The number of rotatable bonds is 19. The first-order valence-electron chi connectivity index (χ1n) is 16.3. The smallest absolute Gasteiger partial charge is 0.437 e. The molecule has 1 aromatic carbocycles. The van der Waals surface area contributed by atoms with Gasteiger partial charge in [-0.25, -0.2) is 0 Å². The fourth-order valence-corrected chi connectivity index (χ4v) is 51.7. The molecule has 0 N–H and O–H groups in total. The molecule has 0 heterocycles. The Labute approximate surface area is 293 Å². The Balaban J connectivity index is 3.92. The van der Waals surface area contributed by atoms with Gasteiger partial charge in [-0.2, -0.15) is 0 Å². The van der Waals surface area contributed by atoms with E-state index in [1.54, 1.807) is 0 Å². The molecular formula is C27H68O9Si10. The summed E-state index contributed by atoms with van der Waals surface area (Å²) in [7, 11) is -26.6. The van der Waals surface area contributed by atoms with E-state index in [0.717, 1.165) is 5.19 Å². The van der Waals surface area contributed by atoms with Crippen molar-refractivity contribution in [3.63, 3.8) is 0 Å². The van der Waals surface area contributed by atoms with Crippen LogP contribution < -0.4 is 5.19 Å². The van der Waals surface area contributed by atoms with Crippen molar-refractivity contribution < 1.29 is 37.0 Å². The van der Waals surface area contributed by atoms with Crippen molar-refractivity contribution in [1.29, 1.82) is 0 Å². The highest BCUT2D eigenvalue weighted by atomic mass is 28.6. The Morgan fingerprint density at radius 2 is 0.587 bits per heavy atom. The van der Waals surface area contributed by atoms with Crippen LogP contribution in [0.3, 0.4) is 0 Å². The summed E-state index contributed by atoms with van der Waals surface area (Å²) >= 11 is 0. The number of hydrogen-bond donors (Lipinski definition) is 0. The van der Waals surface area contributed by atoms with Crippen LogP contribution in [0.25, 0.3) is 0 Å². The monoisotopic (exact) mass is 816 g/mol. The molecule has 0 saturated carbocycles. The minimum atomic E-state index is -3.67. The van der Waals surface area contributed by atoms with Crippen molar-refractivity contribution in [2.45, 2.75) is 137 Å². The highest BCUT2D eigenvalue weighted by Gasteiger charge is 2.59. The SMILES string of the molecule is C[Si](C)(C)O[Si](C)(C)O[Si](C)(O[Si](C)(C)O[Si](C)(C)C)O[Si](C)(O[Si](C)(C)O[Si](C)(C)C)O[Si](C)(O[Si](C)(C)C)c1ccccc1. The highest BCUT2D eigenvalue weighted by molar-refractivity contribution is 6.97. The molecule has 9 nitrogen and oxygen atoms in total. The van der Waals surface area contributed by atoms with Crippen LogP contribution in [-0.4, -0.2) is 85.1 Å². The molecule has 2 atom stereocenters. The first-order valence-corrected chi connectivity index (χ1v) is 45.2. The minimum absolute atomic E-state index is 1.02. The third-order valence-corrected chi connectivity index (χ3v) is 40.5. The molecule has 270 valence electrons. The predicted octanol–water partition coefficient (Wildman–Crippen LogP) is 8.70. The Kier molecular flexibility index (Phi) is 15.0. The molecular weight excluding hydrogens is 749 g/mol. The van der Waals surface area contributed by atoms with Gasteiger partial charge in [0.05, 0.1) is 0 Å². The molecule has 1 aromatic rings. The van der Waals surface area contributed by atoms with Gasteiger partial charge in [0.15, 0.2) is 33.3 Å². The molecule has 0 aromatic heterocycles. The van der Waals surface area contributed by atoms with Crippen molar-refractivity contribution in [2.75, 3.05) is 0 Å². The van der Waals surface area contributed by atoms with E-state index in [9.17, 15) is 0 Å². The van der Waals surface area contributed by atoms with Gasteiger partial charge in [-0.15, -0.1) is 0 Å². The van der Waals surface area contributed by atoms with Gasteiger partial charge in [0.1, 0.15) is 0 Å². The fraction of sp³-hybridized carbons (Fsp3) is 0.778. The van der Waals surface area contributed by atoms with Gasteiger partial charge in [0.25, 0.3) is 0 Å². The molecule has 1 rings (SSSR count). The Morgan fingerprint density at radius 3 is 0.870 bits per heavy atom. The van der Waals surface area contributed by atoms with E-state index in [0.29, 0.717) is 0 Å². The molecule has 0 fully saturated rings. The lowest BCUT2D eigenvalue weighted by molar-refractivity contribution is 0.151.